The molecule has 0 aromatic carbocycles. The molecule has 0 radical (unpaired) electrons. The molecule has 6 heteroatoms. The lowest BCUT2D eigenvalue weighted by molar-refractivity contribution is 0.414. The maximum Gasteiger partial charge on any atom is 0.203 e. The number of methoxy groups -OCH3 is 1. The molecule has 1 aliphatic heterocycles. The maximum atomic E-state index is 5.72. The smallest absolute Gasteiger partial charge is 0.203 e. The Morgan fingerprint density at radius 3 is 2.94 bits per heavy atom. The van der Waals surface area contributed by atoms with Gasteiger partial charge in [0.25, 0.3) is 0 Å². The number of aromatic nitrogens is 2. The molecule has 1 aromatic heterocycles. The second kappa shape index (κ2) is 5.95. The molecule has 0 spiro atoms. The average Bonchev–Trinajstić information content (AvgIpc) is 2.37. The molecule has 0 unspecified atom stereocenters. The van der Waals surface area contributed by atoms with Gasteiger partial charge in [0, 0.05) is 6.54 Å². The topological polar surface area (TPSA) is 73.1 Å². The number of nitrogens with two attached hydrogens (primary N) is 1. The Morgan fingerprint density at radius 1 is 1.47 bits per heavy atom. The van der Waals surface area contributed by atoms with Gasteiger partial charge in [0.05, 0.1) is 7.11 Å². The molecule has 0 bridgehead atoms. The van der Waals surface area contributed by atoms with Crippen molar-refractivity contribution in [2.75, 3.05) is 36.2 Å². The van der Waals surface area contributed by atoms with Gasteiger partial charge in [0.1, 0.15) is 6.33 Å². The van der Waals surface area contributed by atoms with E-state index in [0.29, 0.717) is 17.4 Å². The minimum Gasteiger partial charge on any atom is -0.490 e. The summed E-state index contributed by atoms with van der Waals surface area (Å²) < 4.78 is 5.20. The SMILES string of the molecule is COc1c(N)ncnc1NCC1CCSCC1. The second-order valence-electron chi connectivity index (χ2n) is 4.08. The summed E-state index contributed by atoms with van der Waals surface area (Å²) >= 11 is 2.03. The molecule has 2 heterocycles. The van der Waals surface area contributed by atoms with E-state index in [4.69, 9.17) is 10.5 Å². The third-order valence-electron chi connectivity index (χ3n) is 2.93. The highest BCUT2D eigenvalue weighted by atomic mass is 32.2. The number of thioether (sulfide) groups is 1. The highest BCUT2D eigenvalue weighted by Gasteiger charge is 2.15. The van der Waals surface area contributed by atoms with E-state index >= 15 is 0 Å². The third kappa shape index (κ3) is 3.15. The summed E-state index contributed by atoms with van der Waals surface area (Å²) in [5.41, 5.74) is 5.72. The number of nitrogen functional groups attached to an aromatic ring is 1. The summed E-state index contributed by atoms with van der Waals surface area (Å²) in [5, 5.41) is 3.31. The van der Waals surface area contributed by atoms with Gasteiger partial charge in [0.2, 0.25) is 5.75 Å². The van der Waals surface area contributed by atoms with Crippen molar-refractivity contribution < 1.29 is 4.74 Å². The van der Waals surface area contributed by atoms with Gasteiger partial charge in [-0.05, 0) is 30.3 Å². The molecule has 0 aliphatic carbocycles. The molecule has 1 aliphatic rings. The number of nitrogens with one attached hydrogen (secondary N) is 1. The van der Waals surface area contributed by atoms with Gasteiger partial charge in [-0.1, -0.05) is 0 Å². The second-order valence-corrected chi connectivity index (χ2v) is 5.30. The van der Waals surface area contributed by atoms with Crippen LogP contribution in [0.1, 0.15) is 12.8 Å². The van der Waals surface area contributed by atoms with Crippen LogP contribution in [0.5, 0.6) is 5.75 Å². The molecule has 0 amide bonds. The van der Waals surface area contributed by atoms with E-state index in [1.807, 2.05) is 11.8 Å². The van der Waals surface area contributed by atoms with Crippen LogP contribution in [0.2, 0.25) is 0 Å². The van der Waals surface area contributed by atoms with Crippen LogP contribution in [0.3, 0.4) is 0 Å². The van der Waals surface area contributed by atoms with Crippen LogP contribution in [0.25, 0.3) is 0 Å². The standard InChI is InChI=1S/C11H18N4OS/c1-16-9-10(12)14-7-15-11(9)13-6-8-2-4-17-5-3-8/h7-8H,2-6H2,1H3,(H3,12,13,14,15). The maximum absolute atomic E-state index is 5.72. The quantitative estimate of drug-likeness (QED) is 0.850. The van der Waals surface area contributed by atoms with Crippen molar-refractivity contribution in [2.24, 2.45) is 5.92 Å². The molecule has 2 rings (SSSR count). The van der Waals surface area contributed by atoms with Crippen LogP contribution in [0, 0.1) is 5.92 Å². The van der Waals surface area contributed by atoms with E-state index < -0.39 is 0 Å². The van der Waals surface area contributed by atoms with Gasteiger partial charge in [0.15, 0.2) is 11.6 Å². The fourth-order valence-corrected chi connectivity index (χ4v) is 3.11. The Labute approximate surface area is 106 Å². The van der Waals surface area contributed by atoms with Gasteiger partial charge in [-0.25, -0.2) is 9.97 Å². The van der Waals surface area contributed by atoms with Crippen LogP contribution >= 0.6 is 11.8 Å². The molecule has 1 saturated heterocycles. The minimum absolute atomic E-state index is 0.379. The predicted octanol–water partition coefficient (Wildman–Crippen LogP) is 1.62. The summed E-state index contributed by atoms with van der Waals surface area (Å²) in [5.74, 6) is 4.85. The van der Waals surface area contributed by atoms with Crippen molar-refractivity contribution in [1.29, 1.82) is 0 Å². The van der Waals surface area contributed by atoms with Crippen LogP contribution in [-0.4, -0.2) is 35.1 Å². The van der Waals surface area contributed by atoms with Crippen LogP contribution in [0.4, 0.5) is 11.6 Å². The van der Waals surface area contributed by atoms with E-state index in [9.17, 15) is 0 Å². The zero-order valence-corrected chi connectivity index (χ0v) is 10.8. The molecule has 1 fully saturated rings. The van der Waals surface area contributed by atoms with Crippen molar-refractivity contribution in [2.45, 2.75) is 12.8 Å². The van der Waals surface area contributed by atoms with Crippen molar-refractivity contribution in [3.05, 3.63) is 6.33 Å². The summed E-state index contributed by atoms with van der Waals surface area (Å²) in [4.78, 5) is 8.07. The van der Waals surface area contributed by atoms with E-state index in [-0.39, 0.29) is 0 Å². The van der Waals surface area contributed by atoms with Crippen molar-refractivity contribution >= 4 is 23.4 Å². The zero-order valence-electron chi connectivity index (χ0n) is 9.98. The monoisotopic (exact) mass is 254 g/mol. The van der Waals surface area contributed by atoms with E-state index in [1.54, 1.807) is 7.11 Å². The fourth-order valence-electron chi connectivity index (χ4n) is 1.91. The Balaban J connectivity index is 1.95. The zero-order chi connectivity index (χ0) is 12.1. The number of hydrogen-bond donors (Lipinski definition) is 2. The number of ether oxygens (including phenoxy) is 1. The first-order chi connectivity index (χ1) is 8.31. The highest BCUT2D eigenvalue weighted by Crippen LogP contribution is 2.28. The molecule has 0 atom stereocenters. The molecular weight excluding hydrogens is 236 g/mol. The predicted molar refractivity (Wildman–Crippen MR) is 71.5 cm³/mol. The average molecular weight is 254 g/mol. The first kappa shape index (κ1) is 12.3. The van der Waals surface area contributed by atoms with Crippen LogP contribution < -0.4 is 15.8 Å². The van der Waals surface area contributed by atoms with Gasteiger partial charge >= 0.3 is 0 Å². The van der Waals surface area contributed by atoms with Gasteiger partial charge in [-0.15, -0.1) is 0 Å². The van der Waals surface area contributed by atoms with Crippen LogP contribution in [-0.2, 0) is 0 Å². The first-order valence-corrected chi connectivity index (χ1v) is 6.93. The largest absolute Gasteiger partial charge is 0.490 e. The molecule has 5 nitrogen and oxygen atoms in total. The Hall–Kier alpha value is -1.17. The van der Waals surface area contributed by atoms with Crippen molar-refractivity contribution in [3.8, 4) is 5.75 Å². The number of nitrogens with zero attached hydrogens (tertiary/aromatic N) is 2. The number of rotatable bonds is 4. The lowest BCUT2D eigenvalue weighted by Crippen LogP contribution is -2.20. The van der Waals surface area contributed by atoms with Crippen molar-refractivity contribution in [1.82, 2.24) is 9.97 Å². The van der Waals surface area contributed by atoms with Gasteiger partial charge < -0.3 is 15.8 Å². The van der Waals surface area contributed by atoms with E-state index in [2.05, 4.69) is 15.3 Å². The Bertz CT molecular complexity index is 368. The number of hydrogen-bond acceptors (Lipinski definition) is 6. The molecule has 0 saturated carbocycles. The Kier molecular flexibility index (Phi) is 4.30. The summed E-state index contributed by atoms with van der Waals surface area (Å²) in [6, 6.07) is 0. The first-order valence-electron chi connectivity index (χ1n) is 5.77. The fraction of sp³-hybridized carbons (Fsp3) is 0.636. The highest BCUT2D eigenvalue weighted by molar-refractivity contribution is 7.99. The summed E-state index contributed by atoms with van der Waals surface area (Å²) in [6.45, 7) is 0.924. The number of anilines is 2. The molecule has 1 aromatic rings. The normalized spacial score (nSPS) is 16.8. The summed E-state index contributed by atoms with van der Waals surface area (Å²) in [6.07, 6.45) is 3.98. The third-order valence-corrected chi connectivity index (χ3v) is 3.98. The minimum atomic E-state index is 0.379. The summed E-state index contributed by atoms with van der Waals surface area (Å²) in [7, 11) is 1.58. The molecule has 94 valence electrons. The van der Waals surface area contributed by atoms with E-state index in [1.165, 1.54) is 30.7 Å². The van der Waals surface area contributed by atoms with Gasteiger partial charge in [-0.2, -0.15) is 11.8 Å². The lowest BCUT2D eigenvalue weighted by atomic mass is 10.0. The Morgan fingerprint density at radius 2 is 2.24 bits per heavy atom. The van der Waals surface area contributed by atoms with Gasteiger partial charge in [-0.3, -0.25) is 0 Å². The van der Waals surface area contributed by atoms with Crippen molar-refractivity contribution in [3.63, 3.8) is 0 Å². The lowest BCUT2D eigenvalue weighted by Gasteiger charge is -2.22. The molecule has 3 N–H and O–H groups in total. The van der Waals surface area contributed by atoms with Crippen LogP contribution in [0.15, 0.2) is 6.33 Å². The van der Waals surface area contributed by atoms with E-state index in [0.717, 1.165) is 12.5 Å². The molecular formula is C11H18N4OS. The molecule has 17 heavy (non-hydrogen) atoms.